The summed E-state index contributed by atoms with van der Waals surface area (Å²) in [4.78, 5) is 31.0. The van der Waals surface area contributed by atoms with Gasteiger partial charge in [0.2, 0.25) is 5.91 Å². The fourth-order valence-electron chi connectivity index (χ4n) is 7.59. The van der Waals surface area contributed by atoms with E-state index in [-0.39, 0.29) is 11.8 Å². The zero-order chi connectivity index (χ0) is 24.4. The summed E-state index contributed by atoms with van der Waals surface area (Å²) in [6.45, 7) is 3.36. The maximum Gasteiger partial charge on any atom is 0.253 e. The van der Waals surface area contributed by atoms with Crippen molar-refractivity contribution in [2.24, 2.45) is 29.6 Å². The van der Waals surface area contributed by atoms with Crippen LogP contribution in [0.1, 0.15) is 29.6 Å². The molecular formula is C28H32ClN5O2. The normalized spacial score (nSPS) is 34.6. The summed E-state index contributed by atoms with van der Waals surface area (Å²) in [7, 11) is 0. The van der Waals surface area contributed by atoms with Gasteiger partial charge in [-0.1, -0.05) is 35.9 Å². The number of carbonyl (C=O) groups is 2. The molecule has 5 fully saturated rings. The molecule has 3 heterocycles. The predicted molar refractivity (Wildman–Crippen MR) is 138 cm³/mol. The van der Waals surface area contributed by atoms with E-state index in [0.29, 0.717) is 46.7 Å². The van der Waals surface area contributed by atoms with Gasteiger partial charge in [0.1, 0.15) is 0 Å². The average Bonchev–Trinajstić information content (AvgIpc) is 3.62. The quantitative estimate of drug-likeness (QED) is 0.598. The van der Waals surface area contributed by atoms with E-state index < -0.39 is 0 Å². The molecule has 8 heteroatoms. The zero-order valence-corrected chi connectivity index (χ0v) is 21.0. The highest BCUT2D eigenvalue weighted by atomic mass is 35.5. The lowest BCUT2D eigenvalue weighted by Crippen LogP contribution is -2.45. The summed E-state index contributed by atoms with van der Waals surface area (Å²) in [5.74, 6) is 2.73. The van der Waals surface area contributed by atoms with Crippen molar-refractivity contribution in [3.05, 3.63) is 59.1 Å². The summed E-state index contributed by atoms with van der Waals surface area (Å²) in [5.41, 5.74) is 12.4. The number of hydrogen-bond acceptors (Lipinski definition) is 5. The number of nitrogens with one attached hydrogen (secondary N) is 3. The number of hydrogen-bond donors (Lipinski definition) is 3. The highest BCUT2D eigenvalue weighted by Crippen LogP contribution is 2.54. The van der Waals surface area contributed by atoms with Crippen LogP contribution < -0.4 is 16.4 Å². The van der Waals surface area contributed by atoms with Crippen LogP contribution in [0.25, 0.3) is 11.1 Å². The number of fused-ring (bicyclic) bond motifs is 5. The van der Waals surface area contributed by atoms with Crippen molar-refractivity contribution in [2.45, 2.75) is 31.3 Å². The summed E-state index contributed by atoms with van der Waals surface area (Å²) in [6, 6.07) is 16.4. The molecule has 3 unspecified atom stereocenters. The first kappa shape index (κ1) is 22.7. The second-order valence-electron chi connectivity index (χ2n) is 11.3. The van der Waals surface area contributed by atoms with Gasteiger partial charge in [0.05, 0.1) is 0 Å². The molecule has 188 valence electrons. The van der Waals surface area contributed by atoms with Crippen LogP contribution in [0.4, 0.5) is 0 Å². The Hall–Kier alpha value is -2.45. The third-order valence-corrected chi connectivity index (χ3v) is 9.78. The van der Waals surface area contributed by atoms with Crippen LogP contribution in [-0.4, -0.2) is 59.9 Å². The van der Waals surface area contributed by atoms with Crippen LogP contribution >= 0.6 is 11.6 Å². The molecule has 2 aromatic rings. The van der Waals surface area contributed by atoms with E-state index in [1.165, 1.54) is 0 Å². The van der Waals surface area contributed by atoms with Crippen molar-refractivity contribution in [2.75, 3.05) is 26.2 Å². The third-order valence-electron chi connectivity index (χ3n) is 9.53. The number of likely N-dealkylation sites (tertiary alicyclic amines) is 2. The van der Waals surface area contributed by atoms with Gasteiger partial charge >= 0.3 is 0 Å². The Kier molecular flexibility index (Phi) is 5.58. The minimum atomic E-state index is 0.120. The Bertz CT molecular complexity index is 1170. The van der Waals surface area contributed by atoms with Crippen molar-refractivity contribution in [1.82, 2.24) is 26.2 Å². The van der Waals surface area contributed by atoms with Crippen LogP contribution in [0.15, 0.2) is 48.5 Å². The van der Waals surface area contributed by atoms with Crippen molar-refractivity contribution in [3.8, 4) is 11.1 Å². The maximum atomic E-state index is 13.4. The number of amides is 2. The fraction of sp³-hybridized carbons (Fsp3) is 0.500. The molecule has 7 atom stereocenters. The van der Waals surface area contributed by atoms with E-state index in [4.69, 9.17) is 11.6 Å². The SMILES string of the molecule is O=C(c1cccc(-c2ccc(Cl)cc2)c1)N1C[C@@H]2[C@H](C1)[C@H]1CN(C(=O)C3CCC4NNNC4C3)C[C@@H]21. The van der Waals surface area contributed by atoms with E-state index in [1.54, 1.807) is 0 Å². The van der Waals surface area contributed by atoms with Crippen molar-refractivity contribution in [3.63, 3.8) is 0 Å². The largest absolute Gasteiger partial charge is 0.342 e. The Morgan fingerprint density at radius 3 is 2.17 bits per heavy atom. The third kappa shape index (κ3) is 3.76. The van der Waals surface area contributed by atoms with Gasteiger partial charge < -0.3 is 9.80 Å². The van der Waals surface area contributed by atoms with Gasteiger partial charge in [0.15, 0.2) is 0 Å². The Morgan fingerprint density at radius 2 is 1.44 bits per heavy atom. The molecule has 2 amide bonds. The van der Waals surface area contributed by atoms with Gasteiger partial charge in [0, 0.05) is 54.8 Å². The first-order valence-corrected chi connectivity index (χ1v) is 13.6. The second kappa shape index (κ2) is 8.84. The molecule has 0 spiro atoms. The molecule has 2 aliphatic carbocycles. The van der Waals surface area contributed by atoms with E-state index >= 15 is 0 Å². The number of hydrazine groups is 2. The molecule has 5 aliphatic rings. The first-order valence-electron chi connectivity index (χ1n) is 13.3. The minimum Gasteiger partial charge on any atom is -0.342 e. The van der Waals surface area contributed by atoms with Gasteiger partial charge in [0.25, 0.3) is 5.91 Å². The standard InChI is InChI=1S/C28H32ClN5O2/c29-20-7-4-16(5-8-20)17-2-1-3-18(10-17)27(35)33-12-21-22(13-33)24-15-34(14-23(21)24)28(36)19-6-9-25-26(11-19)31-32-30-25/h1-5,7-8,10,19,21-26,30-32H,6,9,11-15H2/t19?,21-,22+,23+,24-,25?,26?. The highest BCUT2D eigenvalue weighted by Gasteiger charge is 2.59. The lowest BCUT2D eigenvalue weighted by Gasteiger charge is -2.42. The molecule has 36 heavy (non-hydrogen) atoms. The lowest BCUT2D eigenvalue weighted by atomic mass is 9.60. The van der Waals surface area contributed by atoms with E-state index in [2.05, 4.69) is 21.3 Å². The molecule has 2 aromatic carbocycles. The number of halogens is 1. The number of rotatable bonds is 3. The Morgan fingerprint density at radius 1 is 0.778 bits per heavy atom. The minimum absolute atomic E-state index is 0.120. The van der Waals surface area contributed by atoms with Gasteiger partial charge in [-0.2, -0.15) is 5.53 Å². The number of benzene rings is 2. The Balaban J connectivity index is 0.983. The van der Waals surface area contributed by atoms with Gasteiger partial charge in [-0.25, -0.2) is 10.9 Å². The second-order valence-corrected chi connectivity index (χ2v) is 11.8. The Labute approximate surface area is 216 Å². The monoisotopic (exact) mass is 505 g/mol. The molecule has 3 N–H and O–H groups in total. The number of carbonyl (C=O) groups excluding carboxylic acids is 2. The number of nitrogens with zero attached hydrogens (tertiary/aromatic N) is 2. The van der Waals surface area contributed by atoms with Gasteiger partial charge in [-0.3, -0.25) is 9.59 Å². The van der Waals surface area contributed by atoms with Gasteiger partial charge in [-0.15, -0.1) is 0 Å². The van der Waals surface area contributed by atoms with Crippen molar-refractivity contribution >= 4 is 23.4 Å². The molecule has 7 nitrogen and oxygen atoms in total. The van der Waals surface area contributed by atoms with Crippen LogP contribution in [-0.2, 0) is 4.79 Å². The summed E-state index contributed by atoms with van der Waals surface area (Å²) >= 11 is 6.04. The molecule has 3 aliphatic heterocycles. The van der Waals surface area contributed by atoms with Crippen LogP contribution in [0.5, 0.6) is 0 Å². The van der Waals surface area contributed by atoms with Crippen molar-refractivity contribution < 1.29 is 9.59 Å². The average molecular weight is 506 g/mol. The van der Waals surface area contributed by atoms with Gasteiger partial charge in [-0.05, 0) is 78.3 Å². The summed E-state index contributed by atoms with van der Waals surface area (Å²) in [5, 5.41) is 0.706. The topological polar surface area (TPSA) is 76.7 Å². The molecule has 7 rings (SSSR count). The lowest BCUT2D eigenvalue weighted by molar-refractivity contribution is -0.136. The van der Waals surface area contributed by atoms with E-state index in [9.17, 15) is 9.59 Å². The molecule has 0 aromatic heterocycles. The summed E-state index contributed by atoms with van der Waals surface area (Å²) in [6.07, 6.45) is 2.90. The van der Waals surface area contributed by atoms with E-state index in [0.717, 1.165) is 62.1 Å². The van der Waals surface area contributed by atoms with E-state index in [1.807, 2.05) is 53.4 Å². The molecule has 2 saturated carbocycles. The zero-order valence-electron chi connectivity index (χ0n) is 20.2. The molecular weight excluding hydrogens is 474 g/mol. The van der Waals surface area contributed by atoms with Crippen LogP contribution in [0.3, 0.4) is 0 Å². The van der Waals surface area contributed by atoms with Crippen LogP contribution in [0.2, 0.25) is 5.02 Å². The molecule has 3 saturated heterocycles. The molecule has 0 bridgehead atoms. The van der Waals surface area contributed by atoms with Crippen molar-refractivity contribution in [1.29, 1.82) is 0 Å². The predicted octanol–water partition coefficient (Wildman–Crippen LogP) is 2.93. The smallest absolute Gasteiger partial charge is 0.253 e. The highest BCUT2D eigenvalue weighted by molar-refractivity contribution is 6.30. The fourth-order valence-corrected chi connectivity index (χ4v) is 7.72. The summed E-state index contributed by atoms with van der Waals surface area (Å²) < 4.78 is 0. The molecule has 0 radical (unpaired) electrons. The maximum absolute atomic E-state index is 13.4. The van der Waals surface area contributed by atoms with Crippen LogP contribution in [0, 0.1) is 29.6 Å². The first-order chi connectivity index (χ1) is 17.5.